The highest BCUT2D eigenvalue weighted by molar-refractivity contribution is 8.15. The second kappa shape index (κ2) is 8.16. The first-order valence-electron chi connectivity index (χ1n) is 10.3. The van der Waals surface area contributed by atoms with Crippen molar-refractivity contribution in [2.24, 2.45) is 4.99 Å². The molecular formula is C21H24N5O3S2+. The fourth-order valence-corrected chi connectivity index (χ4v) is 7.86. The molecule has 0 aliphatic carbocycles. The van der Waals surface area contributed by atoms with Gasteiger partial charge in [-0.3, -0.25) is 14.7 Å². The van der Waals surface area contributed by atoms with Crippen molar-refractivity contribution in [1.82, 2.24) is 4.90 Å². The van der Waals surface area contributed by atoms with E-state index in [9.17, 15) is 13.2 Å². The van der Waals surface area contributed by atoms with E-state index in [-0.39, 0.29) is 28.7 Å². The molecule has 2 aromatic rings. The molecule has 0 saturated carbocycles. The topological polar surface area (TPSA) is 96.2 Å². The van der Waals surface area contributed by atoms with Crippen LogP contribution >= 0.6 is 11.8 Å². The Hall–Kier alpha value is -2.59. The average Bonchev–Trinajstić information content (AvgIpc) is 3.26. The smallest absolute Gasteiger partial charge is 0.274 e. The van der Waals surface area contributed by atoms with Gasteiger partial charge in [0.25, 0.3) is 11.7 Å². The number of thioether (sulfide) groups is 1. The van der Waals surface area contributed by atoms with E-state index in [0.717, 1.165) is 29.8 Å². The number of nitrogens with one attached hydrogen (secondary N) is 2. The van der Waals surface area contributed by atoms with Gasteiger partial charge in [-0.25, -0.2) is 13.4 Å². The fourth-order valence-electron chi connectivity index (χ4n) is 4.18. The zero-order valence-electron chi connectivity index (χ0n) is 16.9. The summed E-state index contributed by atoms with van der Waals surface area (Å²) < 4.78 is 23.5. The molecule has 4 heterocycles. The third-order valence-corrected chi connectivity index (χ3v) is 8.92. The molecule has 2 saturated heterocycles. The number of aromatic amines is 1. The van der Waals surface area contributed by atoms with Crippen LogP contribution < -0.4 is 15.2 Å². The lowest BCUT2D eigenvalue weighted by Gasteiger charge is -2.31. The maximum absolute atomic E-state index is 13.0. The molecule has 0 bridgehead atoms. The van der Waals surface area contributed by atoms with Crippen LogP contribution in [0.5, 0.6) is 0 Å². The highest BCUT2D eigenvalue weighted by atomic mass is 32.2. The Morgan fingerprint density at radius 3 is 2.68 bits per heavy atom. The van der Waals surface area contributed by atoms with Crippen molar-refractivity contribution in [3.63, 3.8) is 0 Å². The Kier molecular flexibility index (Phi) is 5.35. The van der Waals surface area contributed by atoms with Crippen molar-refractivity contribution in [2.45, 2.75) is 11.3 Å². The number of pyridine rings is 1. The minimum Gasteiger partial charge on any atom is -0.335 e. The highest BCUT2D eigenvalue weighted by Crippen LogP contribution is 2.34. The number of nitrogens with zero attached hydrogens (tertiary/aromatic N) is 3. The number of sulfone groups is 1. The van der Waals surface area contributed by atoms with Crippen LogP contribution in [0.2, 0.25) is 0 Å². The number of H-pyrrole nitrogens is 1. The minimum atomic E-state index is -2.97. The quantitative estimate of drug-likeness (QED) is 0.741. The van der Waals surface area contributed by atoms with Crippen LogP contribution in [-0.2, 0) is 9.84 Å². The van der Waals surface area contributed by atoms with Crippen LogP contribution in [0.3, 0.4) is 0 Å². The summed E-state index contributed by atoms with van der Waals surface area (Å²) >= 11 is 1.47. The number of hydrogen-bond donors (Lipinski definition) is 1. The van der Waals surface area contributed by atoms with E-state index < -0.39 is 9.84 Å². The van der Waals surface area contributed by atoms with Crippen LogP contribution in [0, 0.1) is 0 Å². The molecule has 1 amide bonds. The predicted octanol–water partition coefficient (Wildman–Crippen LogP) is 1.14. The molecule has 3 aliphatic heterocycles. The Balaban J connectivity index is 1.21. The number of anilines is 2. The van der Waals surface area contributed by atoms with Gasteiger partial charge >= 0.3 is 0 Å². The molecular weight excluding hydrogens is 434 g/mol. The lowest BCUT2D eigenvalue weighted by Crippen LogP contribution is -2.50. The molecule has 2 atom stereocenters. The Labute approximate surface area is 185 Å². The monoisotopic (exact) mass is 458 g/mol. The first-order valence-corrected chi connectivity index (χ1v) is 13.0. The van der Waals surface area contributed by atoms with Gasteiger partial charge in [0.2, 0.25) is 0 Å². The lowest BCUT2D eigenvalue weighted by atomic mass is 10.1. The van der Waals surface area contributed by atoms with Gasteiger partial charge in [-0.2, -0.15) is 0 Å². The summed E-state index contributed by atoms with van der Waals surface area (Å²) in [6, 6.07) is 13.3. The molecule has 0 unspecified atom stereocenters. The molecule has 3 aliphatic rings. The van der Waals surface area contributed by atoms with E-state index in [4.69, 9.17) is 0 Å². The summed E-state index contributed by atoms with van der Waals surface area (Å²) in [5.74, 6) is 1.39. The van der Waals surface area contributed by atoms with E-state index in [1.54, 1.807) is 0 Å². The summed E-state index contributed by atoms with van der Waals surface area (Å²) in [7, 11) is -2.97. The third kappa shape index (κ3) is 4.40. The number of amides is 1. The van der Waals surface area contributed by atoms with Gasteiger partial charge in [-0.15, -0.1) is 0 Å². The van der Waals surface area contributed by atoms with Crippen molar-refractivity contribution in [2.75, 3.05) is 47.9 Å². The number of carbonyl (C=O) groups is 1. The normalized spacial score (nSPS) is 24.6. The number of amidine groups is 1. The molecule has 162 valence electrons. The van der Waals surface area contributed by atoms with Crippen molar-refractivity contribution >= 4 is 44.2 Å². The molecule has 2 N–H and O–H groups in total. The SMILES string of the molecule is O=C(c1cccc(NC2=N[C@@H]3CS(=O)(=O)C[C@@H]3S2)c1)N1CCN(c2cccc[nH+]2)CC1. The molecule has 10 heteroatoms. The lowest BCUT2D eigenvalue weighted by molar-refractivity contribution is -0.364. The summed E-state index contributed by atoms with van der Waals surface area (Å²) in [5, 5.41) is 3.98. The zero-order chi connectivity index (χ0) is 21.4. The van der Waals surface area contributed by atoms with E-state index in [1.807, 2.05) is 53.6 Å². The first kappa shape index (κ1) is 20.3. The second-order valence-electron chi connectivity index (χ2n) is 7.97. The van der Waals surface area contributed by atoms with E-state index >= 15 is 0 Å². The van der Waals surface area contributed by atoms with Crippen LogP contribution in [0.15, 0.2) is 53.7 Å². The third-order valence-electron chi connectivity index (χ3n) is 5.78. The van der Waals surface area contributed by atoms with Crippen LogP contribution in [-0.4, -0.2) is 73.4 Å². The fraction of sp³-hybridized carbons (Fsp3) is 0.381. The van der Waals surface area contributed by atoms with E-state index in [2.05, 4.69) is 20.2 Å². The van der Waals surface area contributed by atoms with Crippen molar-refractivity contribution in [3.05, 3.63) is 54.2 Å². The predicted molar refractivity (Wildman–Crippen MR) is 122 cm³/mol. The first-order chi connectivity index (χ1) is 15.0. The van der Waals surface area contributed by atoms with E-state index in [0.29, 0.717) is 18.7 Å². The van der Waals surface area contributed by atoms with Crippen LogP contribution in [0.1, 0.15) is 10.4 Å². The summed E-state index contributed by atoms with van der Waals surface area (Å²) in [6.07, 6.45) is 1.91. The second-order valence-corrected chi connectivity index (χ2v) is 11.3. The molecule has 2 fully saturated rings. The molecule has 0 spiro atoms. The number of piperazine rings is 1. The number of hydrogen-bond acceptors (Lipinski definition) is 7. The van der Waals surface area contributed by atoms with Crippen molar-refractivity contribution in [1.29, 1.82) is 0 Å². The summed E-state index contributed by atoms with van der Waals surface area (Å²) in [6.45, 7) is 2.89. The Morgan fingerprint density at radius 2 is 1.94 bits per heavy atom. The van der Waals surface area contributed by atoms with Crippen molar-refractivity contribution < 1.29 is 18.2 Å². The molecule has 1 aromatic carbocycles. The molecule has 8 nitrogen and oxygen atoms in total. The molecule has 0 radical (unpaired) electrons. The summed E-state index contributed by atoms with van der Waals surface area (Å²) in [5.41, 5.74) is 1.42. The van der Waals surface area contributed by atoms with Gasteiger partial charge in [-0.05, 0) is 24.3 Å². The maximum Gasteiger partial charge on any atom is 0.274 e. The van der Waals surface area contributed by atoms with Gasteiger partial charge in [0.05, 0.1) is 36.8 Å². The van der Waals surface area contributed by atoms with Crippen LogP contribution in [0.4, 0.5) is 11.5 Å². The Bertz CT molecular complexity index is 1110. The number of aromatic nitrogens is 1. The molecule has 1 aromatic heterocycles. The standard InChI is InChI=1S/C21H23N5O3S2/c27-20(26-10-8-25(9-11-26)19-6-1-2-7-22-19)15-4-3-5-16(12-15)23-21-24-17-13-31(28,29)14-18(17)30-21/h1-7,12,17-18H,8-11,13-14H2,(H,23,24)/p+1/t17-,18+/m1/s1. The van der Waals surface area contributed by atoms with Crippen LogP contribution in [0.25, 0.3) is 0 Å². The molecule has 5 rings (SSSR count). The Morgan fingerprint density at radius 1 is 1.10 bits per heavy atom. The summed E-state index contributed by atoms with van der Waals surface area (Å²) in [4.78, 5) is 24.9. The number of rotatable bonds is 3. The van der Waals surface area contributed by atoms with Crippen molar-refractivity contribution in [3.8, 4) is 0 Å². The largest absolute Gasteiger partial charge is 0.335 e. The number of fused-ring (bicyclic) bond motifs is 1. The highest BCUT2D eigenvalue weighted by Gasteiger charge is 2.42. The minimum absolute atomic E-state index is 0.00419. The van der Waals surface area contributed by atoms with E-state index in [1.165, 1.54) is 11.8 Å². The average molecular weight is 459 g/mol. The van der Waals surface area contributed by atoms with Gasteiger partial charge in [-0.1, -0.05) is 23.9 Å². The van der Waals surface area contributed by atoms with Gasteiger partial charge in [0.15, 0.2) is 15.0 Å². The maximum atomic E-state index is 13.0. The van der Waals surface area contributed by atoms with Gasteiger partial charge in [0, 0.05) is 22.6 Å². The number of aliphatic imine (C=N–C) groups is 1. The number of carbonyl (C=O) groups excluding carboxylic acids is 1. The molecule has 31 heavy (non-hydrogen) atoms. The van der Waals surface area contributed by atoms with Gasteiger partial charge in [0.1, 0.15) is 13.1 Å². The number of benzene rings is 1. The van der Waals surface area contributed by atoms with Gasteiger partial charge < -0.3 is 10.2 Å². The zero-order valence-corrected chi connectivity index (χ0v) is 18.5.